The minimum absolute atomic E-state index is 0.146. The number of hydrogen-bond acceptors (Lipinski definition) is 10. The minimum atomic E-state index is -1.91. The summed E-state index contributed by atoms with van der Waals surface area (Å²) in [7, 11) is 1.79. The Labute approximate surface area is 341 Å². The molecule has 2 aromatic carbocycles. The van der Waals surface area contributed by atoms with Gasteiger partial charge in [0.05, 0.1) is 46.2 Å². The minimum Gasteiger partial charge on any atom is -0.455 e. The van der Waals surface area contributed by atoms with E-state index in [1.54, 1.807) is 24.4 Å². The summed E-state index contributed by atoms with van der Waals surface area (Å²) >= 11 is 7.20. The largest absolute Gasteiger partial charge is 0.455 e. The first kappa shape index (κ1) is 39.3. The number of carbonyl (C=O) groups is 1. The number of anilines is 3. The fourth-order valence-electron chi connectivity index (χ4n) is 8.97. The summed E-state index contributed by atoms with van der Waals surface area (Å²) in [5, 5.41) is 4.03. The molecule has 8 rings (SSSR count). The van der Waals surface area contributed by atoms with Gasteiger partial charge in [-0.25, -0.2) is 9.19 Å². The van der Waals surface area contributed by atoms with Gasteiger partial charge >= 0.3 is 0 Å². The van der Waals surface area contributed by atoms with Crippen molar-refractivity contribution in [2.45, 2.75) is 62.1 Å². The van der Waals surface area contributed by atoms with E-state index < -0.39 is 16.9 Å². The highest BCUT2D eigenvalue weighted by Crippen LogP contribution is 2.52. The number of nitrogens with one attached hydrogen (secondary N) is 4. The predicted molar refractivity (Wildman–Crippen MR) is 226 cm³/mol. The Bertz CT molecular complexity index is 2180. The van der Waals surface area contributed by atoms with Crippen LogP contribution in [0.25, 0.3) is 11.0 Å². The van der Waals surface area contributed by atoms with E-state index in [9.17, 15) is 9.00 Å². The van der Waals surface area contributed by atoms with Crippen molar-refractivity contribution in [2.24, 2.45) is 17.3 Å². The third-order valence-electron chi connectivity index (χ3n) is 12.1. The number of hydrogen-bond donors (Lipinski definition) is 4. The number of amides is 1. The summed E-state index contributed by atoms with van der Waals surface area (Å²) in [5.74, 6) is 1.26. The standard InChI is InChI=1S/C43H52ClN7O5S/c1-43(30-7-5-4-6-8-30)17-13-35(44)39-40(43)50(2)19-20-51(39)31-9-11-34(38(24-31)56-32-23-29-14-18-45-41(29)47-27-32)42(52)49-57(53)33-10-12-36(37(25-33)48-54-3)46-26-28-15-21-55-22-16-28/h9-14,17-18,23-25,27-28,30,35,46,48H,4-8,15-16,19-22,26H2,1-3H3,(H,45,47)(H,49,52). The highest BCUT2D eigenvalue weighted by Gasteiger charge is 2.45. The maximum atomic E-state index is 14.1. The number of pyridine rings is 1. The number of nitrogens with zero attached hydrogens (tertiary/aromatic N) is 3. The van der Waals surface area contributed by atoms with Gasteiger partial charge in [-0.3, -0.25) is 19.8 Å². The third kappa shape index (κ3) is 8.25. The molecule has 4 heterocycles. The molecule has 4 N–H and O–H groups in total. The molecule has 14 heteroatoms. The Morgan fingerprint density at radius 3 is 2.68 bits per heavy atom. The second kappa shape index (κ2) is 17.1. The second-order valence-electron chi connectivity index (χ2n) is 15.7. The van der Waals surface area contributed by atoms with Gasteiger partial charge in [-0.2, -0.15) is 0 Å². The van der Waals surface area contributed by atoms with E-state index in [1.807, 2.05) is 36.5 Å². The Balaban J connectivity index is 1.09. The molecule has 12 nitrogen and oxygen atoms in total. The van der Waals surface area contributed by atoms with E-state index in [0.717, 1.165) is 67.3 Å². The lowest BCUT2D eigenvalue weighted by atomic mass is 9.65. The van der Waals surface area contributed by atoms with E-state index in [1.165, 1.54) is 44.9 Å². The molecule has 4 aromatic rings. The first-order chi connectivity index (χ1) is 27.7. The van der Waals surface area contributed by atoms with Gasteiger partial charge < -0.3 is 29.6 Å². The number of H-pyrrole nitrogens is 1. The molecular weight excluding hydrogens is 762 g/mol. The summed E-state index contributed by atoms with van der Waals surface area (Å²) in [6.45, 7) is 6.20. The zero-order valence-electron chi connectivity index (χ0n) is 32.8. The number of halogens is 1. The topological polar surface area (TPSA) is 133 Å². The van der Waals surface area contributed by atoms with Gasteiger partial charge in [-0.15, -0.1) is 11.6 Å². The van der Waals surface area contributed by atoms with Crippen LogP contribution in [0.1, 0.15) is 62.2 Å². The zero-order valence-corrected chi connectivity index (χ0v) is 34.4. The molecule has 0 spiro atoms. The van der Waals surface area contributed by atoms with Gasteiger partial charge in [0, 0.05) is 74.3 Å². The van der Waals surface area contributed by atoms with Crippen LogP contribution in [0.5, 0.6) is 11.5 Å². The van der Waals surface area contributed by atoms with Gasteiger partial charge in [-0.1, -0.05) is 38.3 Å². The van der Waals surface area contributed by atoms with Gasteiger partial charge in [0.2, 0.25) is 0 Å². The molecule has 2 aliphatic carbocycles. The molecule has 2 fully saturated rings. The van der Waals surface area contributed by atoms with Crippen molar-refractivity contribution in [2.75, 3.05) is 62.7 Å². The average Bonchev–Trinajstić information content (AvgIpc) is 3.71. The van der Waals surface area contributed by atoms with Crippen LogP contribution in [-0.2, 0) is 20.6 Å². The number of rotatable bonds is 12. The van der Waals surface area contributed by atoms with E-state index in [0.29, 0.717) is 40.5 Å². The van der Waals surface area contributed by atoms with Crippen molar-refractivity contribution in [3.63, 3.8) is 0 Å². The van der Waals surface area contributed by atoms with Crippen molar-refractivity contribution in [1.82, 2.24) is 19.6 Å². The number of ether oxygens (including phenoxy) is 2. The fourth-order valence-corrected chi connectivity index (χ4v) is 10.1. The van der Waals surface area contributed by atoms with E-state index in [2.05, 4.69) is 61.4 Å². The van der Waals surface area contributed by atoms with Crippen molar-refractivity contribution >= 4 is 56.6 Å². The summed E-state index contributed by atoms with van der Waals surface area (Å²) in [6, 6.07) is 14.6. The monoisotopic (exact) mass is 813 g/mol. The normalized spacial score (nSPS) is 22.4. The van der Waals surface area contributed by atoms with Crippen molar-refractivity contribution in [3.8, 4) is 11.5 Å². The number of aromatic amines is 1. The molecule has 302 valence electrons. The van der Waals surface area contributed by atoms with Gasteiger partial charge in [0.25, 0.3) is 5.91 Å². The quantitative estimate of drug-likeness (QED) is 0.0629. The van der Waals surface area contributed by atoms with Crippen molar-refractivity contribution in [3.05, 3.63) is 90.0 Å². The lowest BCUT2D eigenvalue weighted by molar-refractivity contribution is 0.0699. The number of fused-ring (bicyclic) bond motifs is 1. The fraction of sp³-hybridized carbons (Fsp3) is 0.442. The maximum absolute atomic E-state index is 14.1. The Hall–Kier alpha value is -4.56. The number of benzene rings is 2. The Morgan fingerprint density at radius 1 is 1.05 bits per heavy atom. The van der Waals surface area contributed by atoms with Crippen molar-refractivity contribution < 1.29 is 23.3 Å². The summed E-state index contributed by atoms with van der Waals surface area (Å²) < 4.78 is 28.5. The summed E-state index contributed by atoms with van der Waals surface area (Å²) in [5.41, 5.74) is 8.30. The van der Waals surface area contributed by atoms with Crippen LogP contribution in [0.2, 0.25) is 0 Å². The van der Waals surface area contributed by atoms with Crippen LogP contribution in [-0.4, -0.2) is 77.4 Å². The molecule has 1 saturated carbocycles. The van der Waals surface area contributed by atoms with Crippen molar-refractivity contribution in [1.29, 1.82) is 0 Å². The van der Waals surface area contributed by atoms with E-state index in [4.69, 9.17) is 25.9 Å². The molecule has 1 saturated heterocycles. The van der Waals surface area contributed by atoms with Gasteiger partial charge in [0.15, 0.2) is 11.0 Å². The molecule has 3 atom stereocenters. The molecule has 2 aliphatic heterocycles. The maximum Gasteiger partial charge on any atom is 0.266 e. The highest BCUT2D eigenvalue weighted by atomic mass is 35.5. The molecule has 0 radical (unpaired) electrons. The number of alkyl halides is 1. The molecule has 57 heavy (non-hydrogen) atoms. The zero-order chi connectivity index (χ0) is 39.5. The van der Waals surface area contributed by atoms with Crippen LogP contribution < -0.4 is 25.2 Å². The second-order valence-corrected chi connectivity index (χ2v) is 17.4. The lowest BCUT2D eigenvalue weighted by Crippen LogP contribution is -2.50. The number of aromatic nitrogens is 2. The SMILES string of the molecule is CONc1cc(S(=O)NC(=O)c2ccc(N3CCN(C)C4=C3C(Cl)C=CC4(C)C3CCCCC3)cc2Oc2cnc3[nH]ccc3c2)ccc1NCC1CCOCC1. The predicted octanol–water partition coefficient (Wildman–Crippen LogP) is 8.35. The smallest absolute Gasteiger partial charge is 0.266 e. The molecular formula is C43H52ClN7O5S. The van der Waals surface area contributed by atoms with Crippen LogP contribution in [0, 0.1) is 17.3 Å². The highest BCUT2D eigenvalue weighted by molar-refractivity contribution is 7.83. The van der Waals surface area contributed by atoms with Crippen LogP contribution in [0.4, 0.5) is 17.1 Å². The van der Waals surface area contributed by atoms with Gasteiger partial charge in [-0.05, 0) is 80.0 Å². The molecule has 3 unspecified atom stereocenters. The van der Waals surface area contributed by atoms with Crippen LogP contribution >= 0.6 is 11.6 Å². The number of allylic oxidation sites excluding steroid dienone is 2. The number of carbonyl (C=O) groups excluding carboxylic acids is 1. The first-order valence-corrected chi connectivity index (χ1v) is 21.6. The van der Waals surface area contributed by atoms with Crippen LogP contribution in [0.3, 0.4) is 0 Å². The van der Waals surface area contributed by atoms with Crippen LogP contribution in [0.15, 0.2) is 89.4 Å². The van der Waals surface area contributed by atoms with E-state index >= 15 is 0 Å². The molecule has 2 aromatic heterocycles. The van der Waals surface area contributed by atoms with E-state index in [-0.39, 0.29) is 16.4 Å². The molecule has 0 bridgehead atoms. The lowest BCUT2D eigenvalue weighted by Gasteiger charge is -2.51. The number of likely N-dealkylation sites (N-methyl/N-ethyl adjacent to an activating group) is 1. The average molecular weight is 814 g/mol. The first-order valence-electron chi connectivity index (χ1n) is 20.0. The Morgan fingerprint density at radius 2 is 1.88 bits per heavy atom. The van der Waals surface area contributed by atoms with Gasteiger partial charge in [0.1, 0.15) is 17.1 Å². The molecule has 4 aliphatic rings. The molecule has 1 amide bonds. The Kier molecular flexibility index (Phi) is 11.8. The summed E-state index contributed by atoms with van der Waals surface area (Å²) in [4.78, 5) is 32.0. The summed E-state index contributed by atoms with van der Waals surface area (Å²) in [6.07, 6.45) is 16.1. The third-order valence-corrected chi connectivity index (χ3v) is 13.5.